The van der Waals surface area contributed by atoms with Crippen LogP contribution in [0.5, 0.6) is 5.88 Å². The molecule has 0 amide bonds. The van der Waals surface area contributed by atoms with Gasteiger partial charge in [-0.25, -0.2) is 24.1 Å². The molecule has 3 heterocycles. The van der Waals surface area contributed by atoms with Gasteiger partial charge in [-0.2, -0.15) is 9.36 Å². The minimum atomic E-state index is -0.498. The van der Waals surface area contributed by atoms with Crippen molar-refractivity contribution in [2.45, 2.75) is 27.4 Å². The lowest BCUT2D eigenvalue weighted by Gasteiger charge is -2.15. The van der Waals surface area contributed by atoms with Gasteiger partial charge in [0.2, 0.25) is 5.88 Å². The predicted octanol–water partition coefficient (Wildman–Crippen LogP) is 2.46. The van der Waals surface area contributed by atoms with Crippen LogP contribution >= 0.6 is 0 Å². The molecule has 0 atom stereocenters. The van der Waals surface area contributed by atoms with E-state index in [1.54, 1.807) is 13.1 Å². The van der Waals surface area contributed by atoms with Gasteiger partial charge in [-0.15, -0.1) is 0 Å². The summed E-state index contributed by atoms with van der Waals surface area (Å²) in [4.78, 5) is 24.9. The van der Waals surface area contributed by atoms with E-state index in [1.807, 2.05) is 39.0 Å². The molecule has 0 saturated heterocycles. The maximum Gasteiger partial charge on any atom is 0.368 e. The highest BCUT2D eigenvalue weighted by Crippen LogP contribution is 2.26. The second-order valence-corrected chi connectivity index (χ2v) is 7.13. The lowest BCUT2D eigenvalue weighted by Crippen LogP contribution is -2.23. The zero-order valence-corrected chi connectivity index (χ0v) is 17.5. The first-order chi connectivity index (χ1) is 14.8. The molecule has 4 aromatic rings. The smallest absolute Gasteiger partial charge is 0.368 e. The van der Waals surface area contributed by atoms with Crippen molar-refractivity contribution in [1.82, 2.24) is 34.7 Å². The van der Waals surface area contributed by atoms with E-state index in [0.29, 0.717) is 28.6 Å². The molecule has 158 valence electrons. The summed E-state index contributed by atoms with van der Waals surface area (Å²) in [5.41, 5.74) is 4.13. The summed E-state index contributed by atoms with van der Waals surface area (Å²) in [6.07, 6.45) is 2.24. The predicted molar refractivity (Wildman–Crippen MR) is 110 cm³/mol. The monoisotopic (exact) mass is 421 g/mol. The van der Waals surface area contributed by atoms with E-state index in [-0.39, 0.29) is 12.3 Å². The van der Waals surface area contributed by atoms with Crippen LogP contribution in [0.3, 0.4) is 0 Å². The summed E-state index contributed by atoms with van der Waals surface area (Å²) >= 11 is 0. The second-order valence-electron chi connectivity index (χ2n) is 7.13. The summed E-state index contributed by atoms with van der Waals surface area (Å²) in [6, 6.07) is 7.43. The number of halogens is 1. The second kappa shape index (κ2) is 8.05. The van der Waals surface area contributed by atoms with Gasteiger partial charge in [-0.3, -0.25) is 0 Å². The fraction of sp³-hybridized carbons (Fsp3) is 0.238. The highest BCUT2D eigenvalue weighted by Gasteiger charge is 2.16. The molecule has 9 nitrogen and oxygen atoms in total. The van der Waals surface area contributed by atoms with Crippen molar-refractivity contribution in [3.63, 3.8) is 0 Å². The van der Waals surface area contributed by atoms with E-state index in [1.165, 1.54) is 4.68 Å². The van der Waals surface area contributed by atoms with Crippen molar-refractivity contribution >= 4 is 0 Å². The molecule has 0 fully saturated rings. The van der Waals surface area contributed by atoms with Crippen LogP contribution in [0.1, 0.15) is 22.4 Å². The first kappa shape index (κ1) is 20.3. The fourth-order valence-electron chi connectivity index (χ4n) is 3.19. The molecular formula is C21H20FN7O2. The number of ether oxygens (including phenoxy) is 1. The number of benzene rings is 1. The quantitative estimate of drug-likeness (QED) is 0.488. The van der Waals surface area contributed by atoms with Gasteiger partial charge in [-0.1, -0.05) is 12.1 Å². The first-order valence-corrected chi connectivity index (χ1v) is 9.52. The van der Waals surface area contributed by atoms with E-state index in [4.69, 9.17) is 4.74 Å². The molecule has 0 bridgehead atoms. The Morgan fingerprint density at radius 2 is 1.81 bits per heavy atom. The third-order valence-corrected chi connectivity index (χ3v) is 4.91. The van der Waals surface area contributed by atoms with Crippen LogP contribution in [0, 0.1) is 26.6 Å². The molecule has 0 radical (unpaired) electrons. The van der Waals surface area contributed by atoms with Crippen molar-refractivity contribution in [3.05, 3.63) is 75.3 Å². The first-order valence-electron chi connectivity index (χ1n) is 9.52. The summed E-state index contributed by atoms with van der Waals surface area (Å²) in [5, 5.41) is 7.71. The number of aromatic nitrogens is 7. The van der Waals surface area contributed by atoms with Gasteiger partial charge in [0.05, 0.1) is 23.8 Å². The third-order valence-electron chi connectivity index (χ3n) is 4.91. The zero-order chi connectivity index (χ0) is 22.1. The minimum Gasteiger partial charge on any atom is -0.473 e. The summed E-state index contributed by atoms with van der Waals surface area (Å²) < 4.78 is 21.6. The number of hydrogen-bond acceptors (Lipinski definition) is 7. The van der Waals surface area contributed by atoms with Gasteiger partial charge in [0.15, 0.2) is 11.6 Å². The van der Waals surface area contributed by atoms with Crippen molar-refractivity contribution < 1.29 is 9.13 Å². The summed E-state index contributed by atoms with van der Waals surface area (Å²) in [5.74, 6) is 0.343. The molecule has 0 aliphatic carbocycles. The van der Waals surface area contributed by atoms with E-state index in [0.717, 1.165) is 33.8 Å². The Labute approximate surface area is 177 Å². The lowest BCUT2D eigenvalue weighted by atomic mass is 10.1. The molecule has 0 aliphatic rings. The molecule has 1 aromatic carbocycles. The molecule has 0 aliphatic heterocycles. The van der Waals surface area contributed by atoms with Gasteiger partial charge < -0.3 is 4.74 Å². The van der Waals surface area contributed by atoms with Gasteiger partial charge in [0.25, 0.3) is 0 Å². The van der Waals surface area contributed by atoms with Gasteiger partial charge in [0, 0.05) is 23.7 Å². The molecule has 10 heteroatoms. The Bertz CT molecular complexity index is 1310. The zero-order valence-electron chi connectivity index (χ0n) is 17.5. The van der Waals surface area contributed by atoms with E-state index in [2.05, 4.69) is 25.4 Å². The number of pyridine rings is 1. The van der Waals surface area contributed by atoms with Gasteiger partial charge >= 0.3 is 5.69 Å². The number of aryl methyl sites for hydroxylation is 4. The molecule has 4 rings (SSSR count). The van der Waals surface area contributed by atoms with Crippen molar-refractivity contribution in [2.75, 3.05) is 0 Å². The Morgan fingerprint density at radius 3 is 2.48 bits per heavy atom. The number of hydrogen-bond donors (Lipinski definition) is 0. The van der Waals surface area contributed by atoms with Crippen molar-refractivity contribution in [2.24, 2.45) is 7.05 Å². The largest absolute Gasteiger partial charge is 0.473 e. The third kappa shape index (κ3) is 3.91. The molecule has 0 N–H and O–H groups in total. The SMILES string of the molecule is Cc1cc(-c2ncc(F)cn2)c(C)nc1OCc1c(C)cccc1-n1nnn(C)c1=O. The summed E-state index contributed by atoms with van der Waals surface area (Å²) in [7, 11) is 1.54. The average molecular weight is 421 g/mol. The Morgan fingerprint density at radius 1 is 1.06 bits per heavy atom. The van der Waals surface area contributed by atoms with Crippen LogP contribution in [0.15, 0.2) is 41.5 Å². The topological polar surface area (TPSA) is 101 Å². The van der Waals surface area contributed by atoms with Crippen LogP contribution in [0.4, 0.5) is 4.39 Å². The summed E-state index contributed by atoms with van der Waals surface area (Å²) in [6.45, 7) is 5.79. The standard InChI is InChI=1S/C21H20FN7O2/c1-12-6-5-7-18(29-21(30)28(4)26-27-29)17(12)11-31-20-13(2)8-16(14(3)25-20)19-23-9-15(22)10-24-19/h5-10H,11H2,1-4H3. The van der Waals surface area contributed by atoms with E-state index in [9.17, 15) is 9.18 Å². The highest BCUT2D eigenvalue weighted by molar-refractivity contribution is 5.60. The van der Waals surface area contributed by atoms with Crippen LogP contribution < -0.4 is 10.4 Å². The average Bonchev–Trinajstić information content (AvgIpc) is 3.08. The van der Waals surface area contributed by atoms with Crippen LogP contribution in [0.2, 0.25) is 0 Å². The van der Waals surface area contributed by atoms with Gasteiger partial charge in [-0.05, 0) is 48.9 Å². The van der Waals surface area contributed by atoms with Crippen LogP contribution in [-0.4, -0.2) is 34.7 Å². The van der Waals surface area contributed by atoms with Crippen LogP contribution in [0.25, 0.3) is 17.1 Å². The van der Waals surface area contributed by atoms with Crippen LogP contribution in [-0.2, 0) is 13.7 Å². The molecule has 0 unspecified atom stereocenters. The fourth-order valence-corrected chi connectivity index (χ4v) is 3.19. The molecule has 0 saturated carbocycles. The molecule has 0 spiro atoms. The molecular weight excluding hydrogens is 401 g/mol. The minimum absolute atomic E-state index is 0.185. The van der Waals surface area contributed by atoms with Gasteiger partial charge in [0.1, 0.15) is 6.61 Å². The van der Waals surface area contributed by atoms with Crippen molar-refractivity contribution in [3.8, 4) is 23.0 Å². The Hall–Kier alpha value is -3.95. The number of rotatable bonds is 5. The maximum atomic E-state index is 13.1. The molecule has 31 heavy (non-hydrogen) atoms. The normalized spacial score (nSPS) is 11.0. The van der Waals surface area contributed by atoms with Crippen molar-refractivity contribution in [1.29, 1.82) is 0 Å². The number of nitrogens with zero attached hydrogens (tertiary/aromatic N) is 7. The number of tetrazole rings is 1. The lowest BCUT2D eigenvalue weighted by molar-refractivity contribution is 0.290. The highest BCUT2D eigenvalue weighted by atomic mass is 19.1. The van der Waals surface area contributed by atoms with E-state index < -0.39 is 5.82 Å². The molecule has 3 aromatic heterocycles. The Kier molecular flexibility index (Phi) is 5.28. The Balaban J connectivity index is 1.65. The maximum absolute atomic E-state index is 13.1. The van der Waals surface area contributed by atoms with E-state index >= 15 is 0 Å².